The monoisotopic (exact) mass is 258 g/mol. The first-order chi connectivity index (χ1) is 9.20. The largest absolute Gasteiger partial charge is 0.354 e. The van der Waals surface area contributed by atoms with Crippen LogP contribution >= 0.6 is 0 Å². The number of amides is 1. The van der Waals surface area contributed by atoms with E-state index in [-0.39, 0.29) is 11.9 Å². The van der Waals surface area contributed by atoms with Gasteiger partial charge in [-0.05, 0) is 19.4 Å². The van der Waals surface area contributed by atoms with Gasteiger partial charge in [0.1, 0.15) is 6.04 Å². The van der Waals surface area contributed by atoms with Crippen LogP contribution in [0, 0.1) is 0 Å². The summed E-state index contributed by atoms with van der Waals surface area (Å²) in [7, 11) is 0. The molecule has 5 nitrogen and oxygen atoms in total. The molecule has 0 bridgehead atoms. The topological polar surface area (TPSA) is 66.9 Å². The highest BCUT2D eigenvalue weighted by molar-refractivity contribution is 5.84. The first-order valence-electron chi connectivity index (χ1n) is 6.46. The van der Waals surface area contributed by atoms with Crippen LogP contribution in [-0.2, 0) is 4.79 Å². The van der Waals surface area contributed by atoms with E-state index in [1.165, 1.54) is 0 Å². The van der Waals surface area contributed by atoms with Gasteiger partial charge < -0.3 is 10.6 Å². The number of nitrogens with zero attached hydrogens (tertiary/aromatic N) is 2. The first kappa shape index (κ1) is 13.3. The molecule has 0 aliphatic rings. The van der Waals surface area contributed by atoms with Crippen molar-refractivity contribution >= 4 is 22.8 Å². The average molecular weight is 258 g/mol. The normalized spacial score (nSPS) is 12.1. The van der Waals surface area contributed by atoms with E-state index in [1.54, 1.807) is 13.1 Å². The number of aromatic nitrogens is 2. The van der Waals surface area contributed by atoms with Gasteiger partial charge in [0.05, 0.1) is 5.52 Å². The van der Waals surface area contributed by atoms with Crippen LogP contribution in [0.15, 0.2) is 30.5 Å². The van der Waals surface area contributed by atoms with E-state index < -0.39 is 0 Å². The Hall–Kier alpha value is -2.17. The molecule has 1 unspecified atom stereocenters. The standard InChI is InChI=1S/C14H18N4O/c1-3-8-15-13(19)10(2)17-14-16-9-11-6-4-5-7-12(11)18-14/h4-7,9-10H,3,8H2,1-2H3,(H,15,19)(H,16,17,18). The fourth-order valence-electron chi connectivity index (χ4n) is 1.70. The molecular formula is C14H18N4O. The Bertz CT molecular complexity index is 570. The summed E-state index contributed by atoms with van der Waals surface area (Å²) in [5.74, 6) is 0.427. The second-order valence-corrected chi connectivity index (χ2v) is 4.41. The average Bonchev–Trinajstić information content (AvgIpc) is 2.44. The minimum atomic E-state index is -0.354. The molecule has 0 spiro atoms. The number of anilines is 1. The van der Waals surface area contributed by atoms with Crippen molar-refractivity contribution in [2.24, 2.45) is 0 Å². The van der Waals surface area contributed by atoms with Gasteiger partial charge in [-0.3, -0.25) is 4.79 Å². The van der Waals surface area contributed by atoms with Crippen LogP contribution in [0.3, 0.4) is 0 Å². The van der Waals surface area contributed by atoms with Crippen molar-refractivity contribution in [1.82, 2.24) is 15.3 Å². The van der Waals surface area contributed by atoms with Crippen LogP contribution in [-0.4, -0.2) is 28.5 Å². The van der Waals surface area contributed by atoms with Crippen LogP contribution < -0.4 is 10.6 Å². The predicted octanol–water partition coefficient (Wildman–Crippen LogP) is 1.96. The summed E-state index contributed by atoms with van der Waals surface area (Å²) in [6.45, 7) is 4.50. The molecule has 2 N–H and O–H groups in total. The molecule has 0 saturated heterocycles. The maximum atomic E-state index is 11.7. The number of carbonyl (C=O) groups excluding carboxylic acids is 1. The summed E-state index contributed by atoms with van der Waals surface area (Å²) < 4.78 is 0. The molecule has 0 saturated carbocycles. The predicted molar refractivity (Wildman–Crippen MR) is 75.9 cm³/mol. The van der Waals surface area contributed by atoms with Crippen molar-refractivity contribution in [3.63, 3.8) is 0 Å². The minimum absolute atomic E-state index is 0.0430. The Morgan fingerprint density at radius 1 is 1.37 bits per heavy atom. The van der Waals surface area contributed by atoms with Crippen molar-refractivity contribution in [2.45, 2.75) is 26.3 Å². The third-order valence-electron chi connectivity index (χ3n) is 2.78. The summed E-state index contributed by atoms with van der Waals surface area (Å²) in [4.78, 5) is 20.3. The van der Waals surface area contributed by atoms with Gasteiger partial charge in [-0.25, -0.2) is 9.97 Å². The number of benzene rings is 1. The van der Waals surface area contributed by atoms with Crippen LogP contribution in [0.25, 0.3) is 10.9 Å². The lowest BCUT2D eigenvalue weighted by Gasteiger charge is -2.13. The van der Waals surface area contributed by atoms with Crippen LogP contribution in [0.2, 0.25) is 0 Å². The SMILES string of the molecule is CCCNC(=O)C(C)Nc1ncc2ccccc2n1. The molecule has 2 rings (SSSR count). The third-order valence-corrected chi connectivity index (χ3v) is 2.78. The fraction of sp³-hybridized carbons (Fsp3) is 0.357. The zero-order valence-corrected chi connectivity index (χ0v) is 11.2. The molecule has 100 valence electrons. The van der Waals surface area contributed by atoms with E-state index in [2.05, 4.69) is 20.6 Å². The summed E-state index contributed by atoms with van der Waals surface area (Å²) in [5, 5.41) is 6.82. The summed E-state index contributed by atoms with van der Waals surface area (Å²) in [6, 6.07) is 7.39. The Balaban J connectivity index is 2.06. The minimum Gasteiger partial charge on any atom is -0.354 e. The molecule has 0 aliphatic heterocycles. The highest BCUT2D eigenvalue weighted by atomic mass is 16.2. The zero-order chi connectivity index (χ0) is 13.7. The van der Waals surface area contributed by atoms with Gasteiger partial charge in [-0.15, -0.1) is 0 Å². The van der Waals surface area contributed by atoms with Crippen LogP contribution in [0.1, 0.15) is 20.3 Å². The van der Waals surface area contributed by atoms with Crippen molar-refractivity contribution in [1.29, 1.82) is 0 Å². The maximum Gasteiger partial charge on any atom is 0.242 e. The molecule has 1 atom stereocenters. The molecular weight excluding hydrogens is 240 g/mol. The number of carbonyl (C=O) groups is 1. The van der Waals surface area contributed by atoms with E-state index in [0.717, 1.165) is 17.3 Å². The molecule has 0 radical (unpaired) electrons. The highest BCUT2D eigenvalue weighted by Gasteiger charge is 2.12. The van der Waals surface area contributed by atoms with Gasteiger partial charge in [0.25, 0.3) is 0 Å². The molecule has 0 fully saturated rings. The number of hydrogen-bond donors (Lipinski definition) is 2. The molecule has 2 aromatic rings. The van der Waals surface area contributed by atoms with Gasteiger partial charge in [0.15, 0.2) is 0 Å². The summed E-state index contributed by atoms with van der Waals surface area (Å²) >= 11 is 0. The number of rotatable bonds is 5. The number of hydrogen-bond acceptors (Lipinski definition) is 4. The summed E-state index contributed by atoms with van der Waals surface area (Å²) in [5.41, 5.74) is 0.862. The molecule has 19 heavy (non-hydrogen) atoms. The lowest BCUT2D eigenvalue weighted by atomic mass is 10.2. The van der Waals surface area contributed by atoms with Gasteiger partial charge in [-0.1, -0.05) is 25.1 Å². The smallest absolute Gasteiger partial charge is 0.242 e. The van der Waals surface area contributed by atoms with E-state index in [4.69, 9.17) is 0 Å². The van der Waals surface area contributed by atoms with Crippen molar-refractivity contribution in [3.05, 3.63) is 30.5 Å². The highest BCUT2D eigenvalue weighted by Crippen LogP contribution is 2.12. The fourth-order valence-corrected chi connectivity index (χ4v) is 1.70. The summed E-state index contributed by atoms with van der Waals surface area (Å²) in [6.07, 6.45) is 2.67. The Morgan fingerprint density at radius 2 is 2.16 bits per heavy atom. The van der Waals surface area contributed by atoms with E-state index in [0.29, 0.717) is 12.5 Å². The molecule has 1 aromatic heterocycles. The number of fused-ring (bicyclic) bond motifs is 1. The van der Waals surface area contributed by atoms with E-state index in [1.807, 2.05) is 31.2 Å². The molecule has 5 heteroatoms. The van der Waals surface area contributed by atoms with Crippen molar-refractivity contribution in [3.8, 4) is 0 Å². The Morgan fingerprint density at radius 3 is 2.95 bits per heavy atom. The Kier molecular flexibility index (Phi) is 4.28. The van der Waals surface area contributed by atoms with Crippen LogP contribution in [0.4, 0.5) is 5.95 Å². The first-order valence-corrected chi connectivity index (χ1v) is 6.46. The van der Waals surface area contributed by atoms with Crippen molar-refractivity contribution in [2.75, 3.05) is 11.9 Å². The maximum absolute atomic E-state index is 11.7. The van der Waals surface area contributed by atoms with Gasteiger partial charge in [-0.2, -0.15) is 0 Å². The van der Waals surface area contributed by atoms with Crippen LogP contribution in [0.5, 0.6) is 0 Å². The Labute approximate surface area is 112 Å². The third kappa shape index (κ3) is 3.40. The van der Waals surface area contributed by atoms with E-state index in [9.17, 15) is 4.79 Å². The zero-order valence-electron chi connectivity index (χ0n) is 11.2. The van der Waals surface area contributed by atoms with Gasteiger partial charge in [0, 0.05) is 18.1 Å². The number of nitrogens with one attached hydrogen (secondary N) is 2. The lowest BCUT2D eigenvalue weighted by Crippen LogP contribution is -2.38. The molecule has 0 aliphatic carbocycles. The molecule has 1 amide bonds. The molecule has 1 heterocycles. The quantitative estimate of drug-likeness (QED) is 0.860. The van der Waals surface area contributed by atoms with Gasteiger partial charge in [0.2, 0.25) is 11.9 Å². The second kappa shape index (κ2) is 6.13. The lowest BCUT2D eigenvalue weighted by molar-refractivity contribution is -0.121. The van der Waals surface area contributed by atoms with E-state index >= 15 is 0 Å². The van der Waals surface area contributed by atoms with Crippen molar-refractivity contribution < 1.29 is 4.79 Å². The van der Waals surface area contributed by atoms with Gasteiger partial charge >= 0.3 is 0 Å². The number of para-hydroxylation sites is 1. The second-order valence-electron chi connectivity index (χ2n) is 4.41. The molecule has 1 aromatic carbocycles.